The highest BCUT2D eigenvalue weighted by Gasteiger charge is 2.03. The fourth-order valence-corrected chi connectivity index (χ4v) is 0.719. The zero-order valence-corrected chi connectivity index (χ0v) is 5.39. The molecule has 2 N–H and O–H groups in total. The molecular weight excluding hydrogens is 116 g/mol. The van der Waals surface area contributed by atoms with Crippen LogP contribution >= 0.6 is 0 Å². The molecule has 0 aliphatic carbocycles. The van der Waals surface area contributed by atoms with E-state index in [1.54, 1.807) is 0 Å². The van der Waals surface area contributed by atoms with Crippen LogP contribution in [0.25, 0.3) is 0 Å². The molecule has 0 aromatic carbocycles. The van der Waals surface area contributed by atoms with Crippen molar-refractivity contribution in [2.24, 2.45) is 4.99 Å². The Labute approximate surface area is 54.1 Å². The quantitative estimate of drug-likeness (QED) is 0.545. The Balaban J connectivity index is 2.64. The molecule has 1 aliphatic rings. The highest BCUT2D eigenvalue weighted by atomic mass is 16.3. The molecule has 50 valence electrons. The van der Waals surface area contributed by atoms with Crippen molar-refractivity contribution in [2.45, 2.75) is 13.3 Å². The molecule has 3 nitrogen and oxygen atoms in total. The van der Waals surface area contributed by atoms with E-state index in [1.807, 2.05) is 6.92 Å². The van der Waals surface area contributed by atoms with Crippen LogP contribution in [0, 0.1) is 0 Å². The van der Waals surface area contributed by atoms with Gasteiger partial charge in [-0.05, 0) is 6.42 Å². The van der Waals surface area contributed by atoms with Gasteiger partial charge >= 0.3 is 0 Å². The van der Waals surface area contributed by atoms with E-state index in [0.717, 1.165) is 12.0 Å². The number of aliphatic hydroxyl groups excluding tert-OH is 1. The van der Waals surface area contributed by atoms with Crippen LogP contribution in [0.4, 0.5) is 0 Å². The molecule has 0 atom stereocenters. The van der Waals surface area contributed by atoms with E-state index < -0.39 is 0 Å². The van der Waals surface area contributed by atoms with E-state index in [0.29, 0.717) is 6.54 Å². The molecule has 1 rings (SSSR count). The average Bonchev–Trinajstić information content (AvgIpc) is 1.89. The van der Waals surface area contributed by atoms with Gasteiger partial charge in [-0.2, -0.15) is 0 Å². The largest absolute Gasteiger partial charge is 0.495 e. The predicted octanol–water partition coefficient (Wildman–Crippen LogP) is 0.797. The second-order valence-electron chi connectivity index (χ2n) is 1.92. The second kappa shape index (κ2) is 2.53. The first-order valence-electron chi connectivity index (χ1n) is 3.00. The van der Waals surface area contributed by atoms with E-state index in [-0.39, 0.29) is 5.88 Å². The summed E-state index contributed by atoms with van der Waals surface area (Å²) < 4.78 is 0. The van der Waals surface area contributed by atoms with Gasteiger partial charge in [0, 0.05) is 5.57 Å². The van der Waals surface area contributed by atoms with Crippen molar-refractivity contribution >= 4 is 6.34 Å². The van der Waals surface area contributed by atoms with Crippen LogP contribution < -0.4 is 5.32 Å². The lowest BCUT2D eigenvalue weighted by Crippen LogP contribution is -2.18. The van der Waals surface area contributed by atoms with Crippen LogP contribution in [0.5, 0.6) is 0 Å². The van der Waals surface area contributed by atoms with Gasteiger partial charge < -0.3 is 10.4 Å². The van der Waals surface area contributed by atoms with E-state index in [9.17, 15) is 0 Å². The SMILES string of the molecule is CCC1=C(O)NC=NC1. The molecule has 0 radical (unpaired) electrons. The van der Waals surface area contributed by atoms with Gasteiger partial charge in [-0.25, -0.2) is 0 Å². The first-order valence-corrected chi connectivity index (χ1v) is 3.00. The zero-order chi connectivity index (χ0) is 6.69. The van der Waals surface area contributed by atoms with Crippen LogP contribution in [-0.4, -0.2) is 18.0 Å². The van der Waals surface area contributed by atoms with Crippen molar-refractivity contribution in [2.75, 3.05) is 6.54 Å². The number of aliphatic imine (C=N–C) groups is 1. The maximum atomic E-state index is 9.05. The third-order valence-corrected chi connectivity index (χ3v) is 1.34. The molecule has 9 heavy (non-hydrogen) atoms. The normalized spacial score (nSPS) is 17.9. The summed E-state index contributed by atoms with van der Waals surface area (Å²) in [5.41, 5.74) is 0.970. The smallest absolute Gasteiger partial charge is 0.190 e. The minimum atomic E-state index is 0.271. The summed E-state index contributed by atoms with van der Waals surface area (Å²) in [6.45, 7) is 2.63. The maximum Gasteiger partial charge on any atom is 0.190 e. The third kappa shape index (κ3) is 1.22. The predicted molar refractivity (Wildman–Crippen MR) is 36.4 cm³/mol. The summed E-state index contributed by atoms with van der Waals surface area (Å²) in [6.07, 6.45) is 2.37. The Morgan fingerprint density at radius 1 is 1.89 bits per heavy atom. The lowest BCUT2D eigenvalue weighted by molar-refractivity contribution is 0.376. The average molecular weight is 126 g/mol. The molecule has 0 bridgehead atoms. The molecule has 3 heteroatoms. The van der Waals surface area contributed by atoms with Gasteiger partial charge in [0.1, 0.15) is 0 Å². The Bertz CT molecular complexity index is 160. The van der Waals surface area contributed by atoms with Crippen molar-refractivity contribution in [3.05, 3.63) is 11.5 Å². The minimum absolute atomic E-state index is 0.271. The van der Waals surface area contributed by atoms with Crippen molar-refractivity contribution in [3.8, 4) is 0 Å². The standard InChI is InChI=1S/C6H10N2O/c1-2-5-3-7-4-8-6(5)9/h4,9H,2-3H2,1H3,(H,7,8). The lowest BCUT2D eigenvalue weighted by Gasteiger charge is -2.09. The van der Waals surface area contributed by atoms with Gasteiger partial charge in [-0.3, -0.25) is 4.99 Å². The number of hydrogen-bond donors (Lipinski definition) is 2. The molecule has 0 spiro atoms. The van der Waals surface area contributed by atoms with E-state index in [4.69, 9.17) is 5.11 Å². The van der Waals surface area contributed by atoms with Gasteiger partial charge in [-0.15, -0.1) is 0 Å². The van der Waals surface area contributed by atoms with Crippen molar-refractivity contribution in [1.82, 2.24) is 5.32 Å². The summed E-state index contributed by atoms with van der Waals surface area (Å²) in [7, 11) is 0. The van der Waals surface area contributed by atoms with Gasteiger partial charge in [0.15, 0.2) is 5.88 Å². The second-order valence-corrected chi connectivity index (χ2v) is 1.92. The topological polar surface area (TPSA) is 44.6 Å². The molecule has 0 saturated carbocycles. The Hall–Kier alpha value is -0.990. The van der Waals surface area contributed by atoms with Crippen LogP contribution in [0.15, 0.2) is 16.4 Å². The number of hydrogen-bond acceptors (Lipinski definition) is 3. The number of nitrogens with zero attached hydrogens (tertiary/aromatic N) is 1. The van der Waals surface area contributed by atoms with E-state index in [1.165, 1.54) is 6.34 Å². The fraction of sp³-hybridized carbons (Fsp3) is 0.500. The molecule has 0 aromatic rings. The monoisotopic (exact) mass is 126 g/mol. The van der Waals surface area contributed by atoms with Gasteiger partial charge in [0.2, 0.25) is 0 Å². The molecule has 0 aromatic heterocycles. The fourth-order valence-electron chi connectivity index (χ4n) is 0.719. The van der Waals surface area contributed by atoms with Crippen LogP contribution in [-0.2, 0) is 0 Å². The summed E-state index contributed by atoms with van der Waals surface area (Å²) in [5.74, 6) is 0.271. The van der Waals surface area contributed by atoms with Gasteiger partial charge in [0.05, 0.1) is 12.9 Å². The first-order chi connectivity index (χ1) is 4.34. The summed E-state index contributed by atoms with van der Waals surface area (Å²) in [4.78, 5) is 3.93. The third-order valence-electron chi connectivity index (χ3n) is 1.34. The molecule has 0 amide bonds. The summed E-state index contributed by atoms with van der Waals surface area (Å²) >= 11 is 0. The highest BCUT2D eigenvalue weighted by molar-refractivity contribution is 5.59. The summed E-state index contributed by atoms with van der Waals surface area (Å²) in [5, 5.41) is 11.7. The van der Waals surface area contributed by atoms with Crippen molar-refractivity contribution < 1.29 is 5.11 Å². The zero-order valence-electron chi connectivity index (χ0n) is 5.39. The van der Waals surface area contributed by atoms with Crippen LogP contribution in [0.2, 0.25) is 0 Å². The number of aliphatic hydroxyl groups is 1. The van der Waals surface area contributed by atoms with Crippen molar-refractivity contribution in [3.63, 3.8) is 0 Å². The molecule has 0 unspecified atom stereocenters. The first kappa shape index (κ1) is 6.13. The van der Waals surface area contributed by atoms with E-state index >= 15 is 0 Å². The molecular formula is C6H10N2O. The Kier molecular flexibility index (Phi) is 1.72. The molecule has 0 fully saturated rings. The maximum absolute atomic E-state index is 9.05. The van der Waals surface area contributed by atoms with E-state index in [2.05, 4.69) is 10.3 Å². The summed E-state index contributed by atoms with van der Waals surface area (Å²) in [6, 6.07) is 0. The lowest BCUT2D eigenvalue weighted by atomic mass is 10.2. The number of rotatable bonds is 1. The number of nitrogens with one attached hydrogen (secondary N) is 1. The molecule has 1 aliphatic heterocycles. The van der Waals surface area contributed by atoms with Crippen molar-refractivity contribution in [1.29, 1.82) is 0 Å². The van der Waals surface area contributed by atoms with Crippen LogP contribution in [0.3, 0.4) is 0 Å². The van der Waals surface area contributed by atoms with Gasteiger partial charge in [0.25, 0.3) is 0 Å². The van der Waals surface area contributed by atoms with Gasteiger partial charge in [-0.1, -0.05) is 6.92 Å². The Morgan fingerprint density at radius 2 is 2.67 bits per heavy atom. The Morgan fingerprint density at radius 3 is 3.11 bits per heavy atom. The highest BCUT2D eigenvalue weighted by Crippen LogP contribution is 2.05. The minimum Gasteiger partial charge on any atom is -0.495 e. The molecule has 0 saturated heterocycles. The van der Waals surface area contributed by atoms with Crippen LogP contribution in [0.1, 0.15) is 13.3 Å². The molecule has 1 heterocycles.